The van der Waals surface area contributed by atoms with Crippen molar-refractivity contribution in [2.75, 3.05) is 39.8 Å². The van der Waals surface area contributed by atoms with Gasteiger partial charge in [0.25, 0.3) is 0 Å². The minimum absolute atomic E-state index is 0.0895. The van der Waals surface area contributed by atoms with E-state index in [2.05, 4.69) is 5.32 Å². The van der Waals surface area contributed by atoms with Crippen LogP contribution in [0.1, 0.15) is 0 Å². The minimum atomic E-state index is -0.346. The van der Waals surface area contributed by atoms with Crippen molar-refractivity contribution in [1.82, 2.24) is 0 Å². The molecule has 0 saturated carbocycles. The largest absolute Gasteiger partial charge is 0.496 e. The molecule has 0 fully saturated rings. The molecule has 1 aromatic rings. The third-order valence-electron chi connectivity index (χ3n) is 2.49. The van der Waals surface area contributed by atoms with Gasteiger partial charge in [0.2, 0.25) is 0 Å². The molecule has 0 aromatic heterocycles. The van der Waals surface area contributed by atoms with E-state index in [-0.39, 0.29) is 12.6 Å². The van der Waals surface area contributed by atoms with Crippen LogP contribution in [0.5, 0.6) is 17.2 Å². The molecule has 0 aliphatic rings. The lowest BCUT2D eigenvalue weighted by Crippen LogP contribution is -2.32. The van der Waals surface area contributed by atoms with Gasteiger partial charge in [-0.05, 0) is 0 Å². The van der Waals surface area contributed by atoms with Gasteiger partial charge in [-0.15, -0.1) is 0 Å². The molecule has 0 saturated heterocycles. The number of anilines is 1. The fourth-order valence-electron chi connectivity index (χ4n) is 1.48. The first-order chi connectivity index (χ1) is 8.65. The number of rotatable bonds is 7. The van der Waals surface area contributed by atoms with Crippen LogP contribution in [0.3, 0.4) is 0 Å². The molecule has 0 aliphatic heterocycles. The van der Waals surface area contributed by atoms with E-state index >= 15 is 0 Å². The number of nitrogens with two attached hydrogens (primary N) is 1. The SMILES string of the molecule is COc1cc(OC)c(NCC(N)CO)c(OC)c1. The molecule has 0 bridgehead atoms. The van der Waals surface area contributed by atoms with Crippen LogP contribution in [0.25, 0.3) is 0 Å². The van der Waals surface area contributed by atoms with E-state index in [0.29, 0.717) is 29.5 Å². The van der Waals surface area contributed by atoms with Crippen molar-refractivity contribution < 1.29 is 19.3 Å². The molecule has 102 valence electrons. The zero-order chi connectivity index (χ0) is 13.5. The van der Waals surface area contributed by atoms with E-state index in [4.69, 9.17) is 25.1 Å². The van der Waals surface area contributed by atoms with E-state index in [9.17, 15) is 0 Å². The summed E-state index contributed by atoms with van der Waals surface area (Å²) >= 11 is 0. The van der Waals surface area contributed by atoms with Crippen LogP contribution >= 0.6 is 0 Å². The zero-order valence-corrected chi connectivity index (χ0v) is 10.9. The summed E-state index contributed by atoms with van der Waals surface area (Å²) in [6, 6.07) is 3.14. The molecular weight excluding hydrogens is 236 g/mol. The van der Waals surface area contributed by atoms with Crippen LogP contribution in [0.4, 0.5) is 5.69 Å². The summed E-state index contributed by atoms with van der Waals surface area (Å²) in [4.78, 5) is 0. The normalized spacial score (nSPS) is 11.8. The molecule has 18 heavy (non-hydrogen) atoms. The molecular formula is C12H20N2O4. The summed E-state index contributed by atoms with van der Waals surface area (Å²) in [6.45, 7) is 0.323. The van der Waals surface area contributed by atoms with Gasteiger partial charge in [0.15, 0.2) is 0 Å². The molecule has 4 N–H and O–H groups in total. The third kappa shape index (κ3) is 3.41. The molecule has 1 aromatic carbocycles. The van der Waals surface area contributed by atoms with Crippen molar-refractivity contribution in [3.05, 3.63) is 12.1 Å². The van der Waals surface area contributed by atoms with Crippen LogP contribution in [0, 0.1) is 0 Å². The first-order valence-corrected chi connectivity index (χ1v) is 5.56. The summed E-state index contributed by atoms with van der Waals surface area (Å²) in [5.74, 6) is 1.83. The fraction of sp³-hybridized carbons (Fsp3) is 0.500. The maximum atomic E-state index is 8.90. The van der Waals surface area contributed by atoms with Crippen LogP contribution in [-0.2, 0) is 0 Å². The van der Waals surface area contributed by atoms with Gasteiger partial charge in [-0.1, -0.05) is 0 Å². The first kappa shape index (κ1) is 14.4. The Morgan fingerprint density at radius 1 is 1.17 bits per heavy atom. The molecule has 1 rings (SSSR count). The lowest BCUT2D eigenvalue weighted by molar-refractivity contribution is 0.270. The van der Waals surface area contributed by atoms with E-state index in [0.717, 1.165) is 0 Å². The molecule has 0 amide bonds. The van der Waals surface area contributed by atoms with Gasteiger partial charge in [0, 0.05) is 24.7 Å². The molecule has 1 unspecified atom stereocenters. The number of methoxy groups -OCH3 is 3. The average Bonchev–Trinajstić information content (AvgIpc) is 2.43. The second-order valence-corrected chi connectivity index (χ2v) is 3.73. The van der Waals surface area contributed by atoms with Crippen LogP contribution < -0.4 is 25.3 Å². The maximum absolute atomic E-state index is 8.90. The van der Waals surface area contributed by atoms with E-state index < -0.39 is 0 Å². The van der Waals surface area contributed by atoms with E-state index in [1.165, 1.54) is 0 Å². The summed E-state index contributed by atoms with van der Waals surface area (Å²) in [7, 11) is 4.69. The van der Waals surface area contributed by atoms with Gasteiger partial charge in [0.05, 0.1) is 27.9 Å². The molecule has 0 aliphatic carbocycles. The number of hydrogen-bond acceptors (Lipinski definition) is 6. The van der Waals surface area contributed by atoms with Crippen LogP contribution in [-0.4, -0.2) is 45.6 Å². The Bertz CT molecular complexity index is 359. The third-order valence-corrected chi connectivity index (χ3v) is 2.49. The van der Waals surface area contributed by atoms with Gasteiger partial charge in [-0.2, -0.15) is 0 Å². The summed E-state index contributed by atoms with van der Waals surface area (Å²) < 4.78 is 15.7. The number of hydrogen-bond donors (Lipinski definition) is 3. The predicted octanol–water partition coefficient (Wildman–Crippen LogP) is 0.444. The minimum Gasteiger partial charge on any atom is -0.496 e. The lowest BCUT2D eigenvalue weighted by Gasteiger charge is -2.18. The van der Waals surface area contributed by atoms with Gasteiger partial charge in [-0.3, -0.25) is 0 Å². The number of benzene rings is 1. The van der Waals surface area contributed by atoms with Crippen molar-refractivity contribution in [2.45, 2.75) is 6.04 Å². The van der Waals surface area contributed by atoms with Crippen LogP contribution in [0.15, 0.2) is 12.1 Å². The second kappa shape index (κ2) is 6.93. The highest BCUT2D eigenvalue weighted by atomic mass is 16.5. The monoisotopic (exact) mass is 256 g/mol. The average molecular weight is 256 g/mol. The standard InChI is InChI=1S/C12H20N2O4/c1-16-9-4-10(17-2)12(11(5-9)18-3)14-6-8(13)7-15/h4-5,8,14-15H,6-7,13H2,1-3H3. The number of aliphatic hydroxyl groups is 1. The zero-order valence-electron chi connectivity index (χ0n) is 10.9. The highest BCUT2D eigenvalue weighted by molar-refractivity contribution is 5.68. The summed E-state index contributed by atoms with van der Waals surface area (Å²) in [5.41, 5.74) is 6.33. The predicted molar refractivity (Wildman–Crippen MR) is 69.6 cm³/mol. The smallest absolute Gasteiger partial charge is 0.149 e. The van der Waals surface area contributed by atoms with Crippen molar-refractivity contribution in [2.24, 2.45) is 5.73 Å². The Morgan fingerprint density at radius 3 is 2.11 bits per heavy atom. The Hall–Kier alpha value is -1.66. The summed E-state index contributed by atoms with van der Waals surface area (Å²) in [6.07, 6.45) is 0. The molecule has 6 heteroatoms. The van der Waals surface area contributed by atoms with Crippen LogP contribution in [0.2, 0.25) is 0 Å². The molecule has 0 radical (unpaired) electrons. The van der Waals surface area contributed by atoms with Gasteiger partial charge in [0.1, 0.15) is 22.9 Å². The number of ether oxygens (including phenoxy) is 3. The maximum Gasteiger partial charge on any atom is 0.149 e. The lowest BCUT2D eigenvalue weighted by atomic mass is 10.2. The molecule has 0 heterocycles. The van der Waals surface area contributed by atoms with Gasteiger partial charge in [-0.25, -0.2) is 0 Å². The van der Waals surface area contributed by atoms with Crippen molar-refractivity contribution in [3.63, 3.8) is 0 Å². The highest BCUT2D eigenvalue weighted by Crippen LogP contribution is 2.38. The summed E-state index contributed by atoms with van der Waals surface area (Å²) in [5, 5.41) is 12.0. The fourth-order valence-corrected chi connectivity index (χ4v) is 1.48. The quantitative estimate of drug-likeness (QED) is 0.656. The highest BCUT2D eigenvalue weighted by Gasteiger charge is 2.13. The number of nitrogens with one attached hydrogen (secondary N) is 1. The van der Waals surface area contributed by atoms with E-state index in [1.807, 2.05) is 0 Å². The Kier molecular flexibility index (Phi) is 5.54. The van der Waals surface area contributed by atoms with Gasteiger partial charge < -0.3 is 30.4 Å². The topological polar surface area (TPSA) is 86.0 Å². The molecule has 6 nitrogen and oxygen atoms in total. The molecule has 1 atom stereocenters. The molecule has 0 spiro atoms. The number of aliphatic hydroxyl groups excluding tert-OH is 1. The van der Waals surface area contributed by atoms with Crippen molar-refractivity contribution in [3.8, 4) is 17.2 Å². The van der Waals surface area contributed by atoms with Gasteiger partial charge >= 0.3 is 0 Å². The Balaban J connectivity index is 2.99. The Labute approximate surface area is 107 Å². The van der Waals surface area contributed by atoms with E-state index in [1.54, 1.807) is 33.5 Å². The van der Waals surface area contributed by atoms with Crippen molar-refractivity contribution >= 4 is 5.69 Å². The Morgan fingerprint density at radius 2 is 1.72 bits per heavy atom. The second-order valence-electron chi connectivity index (χ2n) is 3.73. The van der Waals surface area contributed by atoms with Crippen molar-refractivity contribution in [1.29, 1.82) is 0 Å². The first-order valence-electron chi connectivity index (χ1n) is 5.56.